The van der Waals surface area contributed by atoms with Crippen LogP contribution in [0.2, 0.25) is 0 Å². The van der Waals surface area contributed by atoms with Gasteiger partial charge in [0.1, 0.15) is 0 Å². The number of rotatable bonds is 3. The fourth-order valence-electron chi connectivity index (χ4n) is 2.56. The first-order valence-corrected chi connectivity index (χ1v) is 6.05. The Hall–Kier alpha value is -1.75. The number of aliphatic hydroxyl groups is 1. The van der Waals surface area contributed by atoms with Crippen molar-refractivity contribution in [3.63, 3.8) is 0 Å². The zero-order valence-electron chi connectivity index (χ0n) is 10.3. The monoisotopic (exact) mass is 250 g/mol. The molecule has 1 aliphatic heterocycles. The molecule has 0 bridgehead atoms. The van der Waals surface area contributed by atoms with Crippen LogP contribution in [0.1, 0.15) is 23.7 Å². The quantitative estimate of drug-likeness (QED) is 0.701. The van der Waals surface area contributed by atoms with Gasteiger partial charge >= 0.3 is 5.97 Å². The number of nitrogen functional groups attached to an aromatic ring is 1. The second-order valence-electron chi connectivity index (χ2n) is 4.79. The molecule has 0 aromatic heterocycles. The van der Waals surface area contributed by atoms with Crippen molar-refractivity contribution in [3.8, 4) is 0 Å². The van der Waals surface area contributed by atoms with Gasteiger partial charge in [-0.15, -0.1) is 0 Å². The van der Waals surface area contributed by atoms with Crippen LogP contribution in [0.5, 0.6) is 0 Å². The number of nitrogens with two attached hydrogens (primary N) is 1. The van der Waals surface area contributed by atoms with E-state index in [4.69, 9.17) is 5.73 Å². The van der Waals surface area contributed by atoms with E-state index in [1.54, 1.807) is 12.1 Å². The maximum atomic E-state index is 11.3. The highest BCUT2D eigenvalue weighted by molar-refractivity contribution is 5.95. The summed E-state index contributed by atoms with van der Waals surface area (Å²) in [4.78, 5) is 13.2. The van der Waals surface area contributed by atoms with E-state index in [-0.39, 0.29) is 18.2 Å². The number of benzene rings is 1. The molecule has 2 unspecified atom stereocenters. The van der Waals surface area contributed by atoms with Crippen molar-refractivity contribution in [1.82, 2.24) is 0 Å². The van der Waals surface area contributed by atoms with Gasteiger partial charge in [0.2, 0.25) is 0 Å². The van der Waals surface area contributed by atoms with Gasteiger partial charge in [-0.2, -0.15) is 0 Å². The normalized spacial score (nSPS) is 23.3. The molecule has 18 heavy (non-hydrogen) atoms. The number of carbonyl (C=O) groups is 1. The number of carboxylic acid groups (broad SMARTS) is 1. The number of hydrogen-bond acceptors (Lipinski definition) is 4. The van der Waals surface area contributed by atoms with Crippen LogP contribution in [0.4, 0.5) is 11.4 Å². The van der Waals surface area contributed by atoms with Gasteiger partial charge in [-0.1, -0.05) is 6.92 Å². The molecule has 0 spiro atoms. The van der Waals surface area contributed by atoms with Crippen molar-refractivity contribution >= 4 is 17.3 Å². The Labute approximate surface area is 106 Å². The second-order valence-corrected chi connectivity index (χ2v) is 4.79. The van der Waals surface area contributed by atoms with Crippen LogP contribution in [-0.2, 0) is 0 Å². The SMILES string of the molecule is CC1CCN(c2ccc(N)cc2C(=O)O)C1CO. The fraction of sp³-hybridized carbons (Fsp3) is 0.462. The molecule has 98 valence electrons. The summed E-state index contributed by atoms with van der Waals surface area (Å²) in [6.07, 6.45) is 0.953. The Morgan fingerprint density at radius 1 is 1.56 bits per heavy atom. The molecule has 1 aromatic rings. The van der Waals surface area contributed by atoms with E-state index in [1.165, 1.54) is 6.07 Å². The third kappa shape index (κ3) is 2.13. The molecule has 1 aliphatic rings. The summed E-state index contributed by atoms with van der Waals surface area (Å²) >= 11 is 0. The second kappa shape index (κ2) is 4.86. The van der Waals surface area contributed by atoms with E-state index in [9.17, 15) is 15.0 Å². The summed E-state index contributed by atoms with van der Waals surface area (Å²) in [6.45, 7) is 2.86. The van der Waals surface area contributed by atoms with Crippen LogP contribution < -0.4 is 10.6 Å². The van der Waals surface area contributed by atoms with Crippen molar-refractivity contribution < 1.29 is 15.0 Å². The van der Waals surface area contributed by atoms with Crippen LogP contribution in [-0.4, -0.2) is 35.4 Å². The van der Waals surface area contributed by atoms with E-state index >= 15 is 0 Å². The van der Waals surface area contributed by atoms with E-state index < -0.39 is 5.97 Å². The summed E-state index contributed by atoms with van der Waals surface area (Å²) in [5.74, 6) is -0.636. The zero-order valence-corrected chi connectivity index (χ0v) is 10.3. The molecule has 0 aliphatic carbocycles. The average Bonchev–Trinajstić information content (AvgIpc) is 2.70. The fourth-order valence-corrected chi connectivity index (χ4v) is 2.56. The Bertz CT molecular complexity index is 462. The third-order valence-corrected chi connectivity index (χ3v) is 3.63. The van der Waals surface area contributed by atoms with Crippen molar-refractivity contribution in [1.29, 1.82) is 0 Å². The summed E-state index contributed by atoms with van der Waals surface area (Å²) in [6, 6.07) is 4.86. The molecular weight excluding hydrogens is 232 g/mol. The predicted octanol–water partition coefficient (Wildman–Crippen LogP) is 1.17. The standard InChI is InChI=1S/C13H18N2O3/c1-8-4-5-15(12(8)7-16)11-3-2-9(14)6-10(11)13(17)18/h2-3,6,8,12,16H,4-5,7,14H2,1H3,(H,17,18). The maximum Gasteiger partial charge on any atom is 0.337 e. The van der Waals surface area contributed by atoms with E-state index in [0.29, 0.717) is 17.3 Å². The van der Waals surface area contributed by atoms with Gasteiger partial charge in [0, 0.05) is 12.2 Å². The zero-order chi connectivity index (χ0) is 13.3. The number of aliphatic hydroxyl groups excluding tert-OH is 1. The first kappa shape index (κ1) is 12.7. The van der Waals surface area contributed by atoms with Gasteiger partial charge in [-0.05, 0) is 30.5 Å². The van der Waals surface area contributed by atoms with Gasteiger partial charge < -0.3 is 20.8 Å². The first-order chi connectivity index (χ1) is 8.54. The van der Waals surface area contributed by atoms with Crippen LogP contribution in [0, 0.1) is 5.92 Å². The van der Waals surface area contributed by atoms with Gasteiger partial charge in [-0.25, -0.2) is 4.79 Å². The predicted molar refractivity (Wildman–Crippen MR) is 69.8 cm³/mol. The molecule has 1 heterocycles. The summed E-state index contributed by atoms with van der Waals surface area (Å²) in [5.41, 5.74) is 6.90. The van der Waals surface area contributed by atoms with E-state index in [1.807, 2.05) is 4.90 Å². The van der Waals surface area contributed by atoms with Gasteiger partial charge in [0.25, 0.3) is 0 Å². The Balaban J connectivity index is 2.41. The minimum atomic E-state index is -0.992. The molecule has 1 saturated heterocycles. The molecule has 1 fully saturated rings. The smallest absolute Gasteiger partial charge is 0.337 e. The molecule has 0 saturated carbocycles. The van der Waals surface area contributed by atoms with E-state index in [0.717, 1.165) is 13.0 Å². The lowest BCUT2D eigenvalue weighted by Crippen LogP contribution is -2.36. The summed E-state index contributed by atoms with van der Waals surface area (Å²) < 4.78 is 0. The van der Waals surface area contributed by atoms with Gasteiger partial charge in [-0.3, -0.25) is 0 Å². The molecule has 0 radical (unpaired) electrons. The number of anilines is 2. The Morgan fingerprint density at radius 2 is 2.28 bits per heavy atom. The molecule has 2 rings (SSSR count). The number of carboxylic acids is 1. The van der Waals surface area contributed by atoms with Crippen molar-refractivity contribution in [2.45, 2.75) is 19.4 Å². The number of hydrogen-bond donors (Lipinski definition) is 3. The van der Waals surface area contributed by atoms with Gasteiger partial charge in [0.05, 0.1) is 23.9 Å². The molecule has 5 heteroatoms. The van der Waals surface area contributed by atoms with Crippen molar-refractivity contribution in [3.05, 3.63) is 23.8 Å². The maximum absolute atomic E-state index is 11.3. The van der Waals surface area contributed by atoms with E-state index in [2.05, 4.69) is 6.92 Å². The number of nitrogens with zero attached hydrogens (tertiary/aromatic N) is 1. The summed E-state index contributed by atoms with van der Waals surface area (Å²) in [7, 11) is 0. The summed E-state index contributed by atoms with van der Waals surface area (Å²) in [5, 5.41) is 18.7. The minimum absolute atomic E-state index is 0.0216. The van der Waals surface area contributed by atoms with Crippen molar-refractivity contribution in [2.24, 2.45) is 5.92 Å². The highest BCUT2D eigenvalue weighted by atomic mass is 16.4. The van der Waals surface area contributed by atoms with Crippen LogP contribution in [0.15, 0.2) is 18.2 Å². The molecule has 4 N–H and O–H groups in total. The minimum Gasteiger partial charge on any atom is -0.478 e. The lowest BCUT2D eigenvalue weighted by atomic mass is 10.0. The topological polar surface area (TPSA) is 86.8 Å². The largest absolute Gasteiger partial charge is 0.478 e. The third-order valence-electron chi connectivity index (χ3n) is 3.63. The Kier molecular flexibility index (Phi) is 3.43. The number of aromatic carboxylic acids is 1. The lowest BCUT2D eigenvalue weighted by Gasteiger charge is -2.28. The Morgan fingerprint density at radius 3 is 2.89 bits per heavy atom. The first-order valence-electron chi connectivity index (χ1n) is 6.05. The molecule has 2 atom stereocenters. The molecule has 1 aromatic carbocycles. The van der Waals surface area contributed by atoms with Crippen LogP contribution >= 0.6 is 0 Å². The van der Waals surface area contributed by atoms with Crippen molar-refractivity contribution in [2.75, 3.05) is 23.8 Å². The van der Waals surface area contributed by atoms with Gasteiger partial charge in [0.15, 0.2) is 0 Å². The van der Waals surface area contributed by atoms with Crippen LogP contribution in [0.25, 0.3) is 0 Å². The molecule has 5 nitrogen and oxygen atoms in total. The molecular formula is C13H18N2O3. The molecule has 0 amide bonds. The highest BCUT2D eigenvalue weighted by Gasteiger charge is 2.32. The van der Waals surface area contributed by atoms with Crippen LogP contribution in [0.3, 0.4) is 0 Å². The highest BCUT2D eigenvalue weighted by Crippen LogP contribution is 2.32. The lowest BCUT2D eigenvalue weighted by molar-refractivity contribution is 0.0697. The average molecular weight is 250 g/mol.